The molecule has 3 aromatic rings. The van der Waals surface area contributed by atoms with Gasteiger partial charge in [0.15, 0.2) is 0 Å². The summed E-state index contributed by atoms with van der Waals surface area (Å²) in [5.74, 6) is -0.276. The van der Waals surface area contributed by atoms with Crippen LogP contribution in [-0.2, 0) is 11.3 Å². The van der Waals surface area contributed by atoms with Crippen LogP contribution in [0.5, 0.6) is 0 Å². The number of rotatable bonds is 2. The number of hydrogen-bond donors (Lipinski definition) is 1. The number of pyridine rings is 1. The van der Waals surface area contributed by atoms with Crippen LogP contribution in [0.4, 0.5) is 0 Å². The summed E-state index contributed by atoms with van der Waals surface area (Å²) in [6.45, 7) is 0.701. The first-order chi connectivity index (χ1) is 12.2. The van der Waals surface area contributed by atoms with Crippen molar-refractivity contribution in [2.45, 2.75) is 12.6 Å². The van der Waals surface area contributed by atoms with Gasteiger partial charge in [0.1, 0.15) is 6.04 Å². The zero-order valence-corrected chi connectivity index (χ0v) is 13.7. The molecule has 1 atom stereocenters. The molecule has 1 aliphatic heterocycles. The van der Waals surface area contributed by atoms with E-state index in [-0.39, 0.29) is 18.4 Å². The number of nitrogens with zero attached hydrogens (tertiary/aromatic N) is 4. The molecule has 0 saturated heterocycles. The van der Waals surface area contributed by atoms with E-state index in [0.29, 0.717) is 12.1 Å². The minimum atomic E-state index is -0.527. The van der Waals surface area contributed by atoms with Crippen LogP contribution in [0.3, 0.4) is 0 Å². The number of hydrogen-bond acceptors (Lipinski definition) is 4. The van der Waals surface area contributed by atoms with Gasteiger partial charge in [0.25, 0.3) is 5.91 Å². The topological polar surface area (TPSA) is 80.1 Å². The number of likely N-dealkylation sites (N-methyl/N-ethyl adjacent to an activating group) is 1. The molecule has 4 rings (SSSR count). The van der Waals surface area contributed by atoms with Gasteiger partial charge in [-0.3, -0.25) is 19.3 Å². The fourth-order valence-electron chi connectivity index (χ4n) is 3.26. The smallest absolute Gasteiger partial charge is 0.255 e. The zero-order chi connectivity index (χ0) is 17.4. The summed E-state index contributed by atoms with van der Waals surface area (Å²) < 4.78 is 1.69. The van der Waals surface area contributed by atoms with Gasteiger partial charge >= 0.3 is 0 Å². The van der Waals surface area contributed by atoms with Crippen LogP contribution in [-0.4, -0.2) is 45.1 Å². The Labute approximate surface area is 144 Å². The van der Waals surface area contributed by atoms with Crippen LogP contribution in [0.2, 0.25) is 0 Å². The highest BCUT2D eigenvalue weighted by Gasteiger charge is 2.33. The maximum atomic E-state index is 13.1. The van der Waals surface area contributed by atoms with Gasteiger partial charge in [-0.05, 0) is 18.2 Å². The SMILES string of the molecule is CNC(=O)[C@@H]1CN(C(=O)c2ccnc3ccccc23)Cc2ccnn21. The lowest BCUT2D eigenvalue weighted by Crippen LogP contribution is -2.46. The van der Waals surface area contributed by atoms with Gasteiger partial charge in [0, 0.05) is 24.8 Å². The minimum Gasteiger partial charge on any atom is -0.357 e. The van der Waals surface area contributed by atoms with E-state index < -0.39 is 6.04 Å². The molecule has 7 heteroatoms. The predicted molar refractivity (Wildman–Crippen MR) is 91.8 cm³/mol. The van der Waals surface area contributed by atoms with E-state index in [1.54, 1.807) is 35.1 Å². The number of fused-ring (bicyclic) bond motifs is 2. The fraction of sp³-hybridized carbons (Fsp3) is 0.222. The molecule has 0 radical (unpaired) electrons. The molecule has 25 heavy (non-hydrogen) atoms. The number of benzene rings is 1. The third-order valence-corrected chi connectivity index (χ3v) is 4.51. The molecule has 1 aromatic carbocycles. The lowest BCUT2D eigenvalue weighted by atomic mass is 10.1. The molecule has 0 saturated carbocycles. The van der Waals surface area contributed by atoms with Gasteiger partial charge in [-0.25, -0.2) is 0 Å². The van der Waals surface area contributed by atoms with Crippen molar-refractivity contribution in [3.63, 3.8) is 0 Å². The summed E-state index contributed by atoms with van der Waals surface area (Å²) in [6.07, 6.45) is 3.29. The van der Waals surface area contributed by atoms with E-state index in [1.807, 2.05) is 30.3 Å². The largest absolute Gasteiger partial charge is 0.357 e. The number of aromatic nitrogens is 3. The molecular formula is C18H17N5O2. The van der Waals surface area contributed by atoms with Crippen molar-refractivity contribution in [3.05, 3.63) is 60.0 Å². The Hall–Kier alpha value is -3.22. The molecule has 2 aromatic heterocycles. The van der Waals surface area contributed by atoms with Crippen molar-refractivity contribution >= 4 is 22.7 Å². The first kappa shape index (κ1) is 15.3. The van der Waals surface area contributed by atoms with Crippen LogP contribution in [0.1, 0.15) is 22.1 Å². The molecule has 3 heterocycles. The molecule has 2 amide bonds. The first-order valence-electron chi connectivity index (χ1n) is 8.06. The Bertz CT molecular complexity index is 960. The number of nitrogens with one attached hydrogen (secondary N) is 1. The zero-order valence-electron chi connectivity index (χ0n) is 13.7. The van der Waals surface area contributed by atoms with Crippen molar-refractivity contribution in [3.8, 4) is 0 Å². The Morgan fingerprint density at radius 2 is 2.00 bits per heavy atom. The summed E-state index contributed by atoms with van der Waals surface area (Å²) in [7, 11) is 1.59. The van der Waals surface area contributed by atoms with E-state index in [4.69, 9.17) is 0 Å². The maximum absolute atomic E-state index is 13.1. The summed E-state index contributed by atoms with van der Waals surface area (Å²) >= 11 is 0. The van der Waals surface area contributed by atoms with Crippen molar-refractivity contribution in [1.29, 1.82) is 0 Å². The second kappa shape index (κ2) is 6.01. The van der Waals surface area contributed by atoms with E-state index in [0.717, 1.165) is 16.6 Å². The van der Waals surface area contributed by atoms with Crippen LogP contribution in [0.25, 0.3) is 10.9 Å². The van der Waals surface area contributed by atoms with Gasteiger partial charge in [-0.2, -0.15) is 5.10 Å². The third-order valence-electron chi connectivity index (χ3n) is 4.51. The van der Waals surface area contributed by atoms with E-state index in [9.17, 15) is 9.59 Å². The molecule has 126 valence electrons. The molecule has 0 bridgehead atoms. The Kier molecular flexibility index (Phi) is 3.68. The van der Waals surface area contributed by atoms with Crippen molar-refractivity contribution < 1.29 is 9.59 Å². The van der Waals surface area contributed by atoms with Gasteiger partial charge in [-0.1, -0.05) is 18.2 Å². The quantitative estimate of drug-likeness (QED) is 0.767. The van der Waals surface area contributed by atoms with Gasteiger partial charge < -0.3 is 10.2 Å². The van der Waals surface area contributed by atoms with Crippen molar-refractivity contribution in [1.82, 2.24) is 25.0 Å². The molecule has 0 spiro atoms. The second-order valence-electron chi connectivity index (χ2n) is 5.96. The van der Waals surface area contributed by atoms with Crippen LogP contribution in [0.15, 0.2) is 48.8 Å². The molecule has 0 unspecified atom stereocenters. The molecule has 1 N–H and O–H groups in total. The average molecular weight is 335 g/mol. The lowest BCUT2D eigenvalue weighted by molar-refractivity contribution is -0.125. The summed E-state index contributed by atoms with van der Waals surface area (Å²) in [6, 6.07) is 10.6. The summed E-state index contributed by atoms with van der Waals surface area (Å²) in [5.41, 5.74) is 2.21. The summed E-state index contributed by atoms with van der Waals surface area (Å²) in [5, 5.41) is 7.69. The van der Waals surface area contributed by atoms with Gasteiger partial charge in [-0.15, -0.1) is 0 Å². The highest BCUT2D eigenvalue weighted by molar-refractivity contribution is 6.06. The first-order valence-corrected chi connectivity index (χ1v) is 8.06. The number of amides is 2. The van der Waals surface area contributed by atoms with Crippen molar-refractivity contribution in [2.24, 2.45) is 0 Å². The minimum absolute atomic E-state index is 0.111. The number of para-hydroxylation sites is 1. The average Bonchev–Trinajstić information content (AvgIpc) is 3.14. The monoisotopic (exact) mass is 335 g/mol. The van der Waals surface area contributed by atoms with Gasteiger partial charge in [0.05, 0.1) is 29.9 Å². The Morgan fingerprint density at radius 3 is 2.84 bits per heavy atom. The molecule has 1 aliphatic rings. The number of carbonyl (C=O) groups excluding carboxylic acids is 2. The predicted octanol–water partition coefficient (Wildman–Crippen LogP) is 1.37. The molecule has 0 fully saturated rings. The Balaban J connectivity index is 1.72. The second-order valence-corrected chi connectivity index (χ2v) is 5.96. The molecular weight excluding hydrogens is 318 g/mol. The highest BCUT2D eigenvalue weighted by atomic mass is 16.2. The van der Waals surface area contributed by atoms with Crippen LogP contribution in [0, 0.1) is 0 Å². The van der Waals surface area contributed by atoms with Crippen LogP contribution < -0.4 is 5.32 Å². The Morgan fingerprint density at radius 1 is 1.16 bits per heavy atom. The van der Waals surface area contributed by atoms with Crippen molar-refractivity contribution in [2.75, 3.05) is 13.6 Å². The maximum Gasteiger partial charge on any atom is 0.255 e. The summed E-state index contributed by atoms with van der Waals surface area (Å²) in [4.78, 5) is 31.4. The highest BCUT2D eigenvalue weighted by Crippen LogP contribution is 2.24. The third kappa shape index (κ3) is 2.53. The van der Waals surface area contributed by atoms with E-state index in [2.05, 4.69) is 15.4 Å². The van der Waals surface area contributed by atoms with Crippen LogP contribution >= 0.6 is 0 Å². The molecule has 0 aliphatic carbocycles. The normalized spacial score (nSPS) is 16.5. The van der Waals surface area contributed by atoms with E-state index >= 15 is 0 Å². The standard InChI is InChI=1S/C18H17N5O2/c1-19-17(24)16-11-22(10-12-6-9-21-23(12)16)18(25)14-7-8-20-15-5-3-2-4-13(14)15/h2-9,16H,10-11H2,1H3,(H,19,24)/t16-/m0/s1. The fourth-order valence-corrected chi connectivity index (χ4v) is 3.26. The lowest BCUT2D eigenvalue weighted by Gasteiger charge is -2.33. The molecule has 7 nitrogen and oxygen atoms in total. The number of carbonyl (C=O) groups is 2. The van der Waals surface area contributed by atoms with Gasteiger partial charge in [0.2, 0.25) is 5.91 Å². The van der Waals surface area contributed by atoms with E-state index in [1.165, 1.54) is 0 Å².